The minimum absolute atomic E-state index is 0.201. The summed E-state index contributed by atoms with van der Waals surface area (Å²) in [5.74, 6) is -6.14. The van der Waals surface area contributed by atoms with Crippen molar-refractivity contribution < 1.29 is 104 Å². The topological polar surface area (TPSA) is 373 Å². The molecule has 3 rings (SSSR count). The SMILES string of the molecule is CCCCCCCCCCC/C=C\C/C=C\CCCCCCCCCCCCCCCCCC(=O)NC(COC1OC(CO)C(OC2OC(CO)C(O)C(OC3(C(=O)O)CC(O)C(NC(C)=O)C(C(O)C(O)CO)O3)C2O)C(O)C1O)C(O)/C=C/CCCCCCCCCCCCCCCC. The van der Waals surface area contributed by atoms with E-state index in [-0.39, 0.29) is 12.3 Å². The van der Waals surface area contributed by atoms with Crippen LogP contribution in [0.15, 0.2) is 36.5 Å². The fourth-order valence-corrected chi connectivity index (χ4v) is 13.7. The Morgan fingerprint density at radius 2 is 0.960 bits per heavy atom. The van der Waals surface area contributed by atoms with Gasteiger partial charge in [-0.2, -0.15) is 0 Å². The third-order valence-corrected chi connectivity index (χ3v) is 20.1. The normalized spacial score (nSPS) is 27.0. The smallest absolute Gasteiger partial charge is 0.364 e. The number of rotatable bonds is 62. The molecule has 18 atom stereocenters. The molecular formula is C78H142N2O21. The monoisotopic (exact) mass is 1440 g/mol. The van der Waals surface area contributed by atoms with Gasteiger partial charge >= 0.3 is 5.97 Å². The highest BCUT2D eigenvalue weighted by atomic mass is 16.8. The lowest BCUT2D eigenvalue weighted by atomic mass is 9.88. The molecule has 14 N–H and O–H groups in total. The van der Waals surface area contributed by atoms with Gasteiger partial charge in [0.25, 0.3) is 5.79 Å². The third-order valence-electron chi connectivity index (χ3n) is 20.1. The van der Waals surface area contributed by atoms with E-state index in [0.717, 1.165) is 58.3 Å². The molecule has 0 radical (unpaired) electrons. The van der Waals surface area contributed by atoms with E-state index < -0.39 is 155 Å². The number of carbonyl (C=O) groups is 3. The van der Waals surface area contributed by atoms with E-state index in [9.17, 15) is 75.7 Å². The van der Waals surface area contributed by atoms with Gasteiger partial charge in [-0.1, -0.05) is 269 Å². The number of aliphatic hydroxyl groups excluding tert-OH is 11. The first-order valence-electron chi connectivity index (χ1n) is 39.9. The molecule has 0 aromatic heterocycles. The van der Waals surface area contributed by atoms with Crippen molar-refractivity contribution in [2.75, 3.05) is 26.4 Å². The lowest BCUT2D eigenvalue weighted by Gasteiger charge is -2.50. The summed E-state index contributed by atoms with van der Waals surface area (Å²) in [5, 5.41) is 136. The molecule has 3 aliphatic rings. The molecular weight excluding hydrogens is 1300 g/mol. The van der Waals surface area contributed by atoms with Crippen LogP contribution in [0.2, 0.25) is 0 Å². The Balaban J connectivity index is 1.49. The summed E-state index contributed by atoms with van der Waals surface area (Å²) in [6, 6.07) is -2.62. The van der Waals surface area contributed by atoms with E-state index in [1.807, 2.05) is 6.08 Å². The second kappa shape index (κ2) is 57.2. The van der Waals surface area contributed by atoms with Crippen molar-refractivity contribution in [1.29, 1.82) is 0 Å². The first kappa shape index (κ1) is 92.2. The van der Waals surface area contributed by atoms with Crippen LogP contribution in [0.1, 0.15) is 303 Å². The molecule has 0 aliphatic carbocycles. The van der Waals surface area contributed by atoms with Crippen LogP contribution in [0.3, 0.4) is 0 Å². The van der Waals surface area contributed by atoms with Gasteiger partial charge in [-0.05, 0) is 51.4 Å². The molecule has 2 amide bonds. The summed E-state index contributed by atoms with van der Waals surface area (Å²) in [7, 11) is 0. The average molecular weight is 1440 g/mol. The predicted octanol–water partition coefficient (Wildman–Crippen LogP) is 10.1. The standard InChI is InChI=1S/C78H142N2O21/c1-4-6-8-10-12-14-16-18-20-22-23-24-25-26-27-28-29-30-31-32-33-34-35-36-38-40-42-44-46-48-50-52-65(88)80-59(60(85)51-49-47-45-43-41-39-37-21-19-17-15-13-11-9-7-5-2)57-96-75-70(92)69(91)72(64(56-83)98-75)99-76-71(93)74(68(90)63(55-82)97-76)101-78(77(94)95)53-61(86)66(79-58(3)84)73(100-78)67(89)62(87)54-81/h23-24,26-27,49,51,59-64,66-76,81-83,85-87,89-93H,4-22,25,28-48,50,52-57H2,1-3H3,(H,79,84)(H,80,88)(H,94,95)/b24-23-,27-26-,51-49+. The number of unbranched alkanes of at least 4 members (excludes halogenated alkanes) is 38. The Labute approximate surface area is 606 Å². The molecule has 0 bridgehead atoms. The number of allylic oxidation sites excluding steroid dienone is 5. The molecule has 23 heteroatoms. The van der Waals surface area contributed by atoms with E-state index in [0.29, 0.717) is 12.8 Å². The summed E-state index contributed by atoms with van der Waals surface area (Å²) in [6.07, 6.45) is 34.7. The molecule has 590 valence electrons. The lowest BCUT2D eigenvalue weighted by Crippen LogP contribution is -2.70. The Morgan fingerprint density at radius 3 is 1.40 bits per heavy atom. The van der Waals surface area contributed by atoms with Crippen LogP contribution in [0.25, 0.3) is 0 Å². The third kappa shape index (κ3) is 37.9. The highest BCUT2D eigenvalue weighted by molar-refractivity contribution is 5.77. The number of hydrogen-bond acceptors (Lipinski definition) is 20. The van der Waals surface area contributed by atoms with Gasteiger partial charge in [0.2, 0.25) is 11.8 Å². The number of aliphatic hydroxyl groups is 11. The number of carboxylic acid groups (broad SMARTS) is 1. The Bertz CT molecular complexity index is 2160. The molecule has 0 aromatic carbocycles. The van der Waals surface area contributed by atoms with Crippen LogP contribution < -0.4 is 10.6 Å². The quantitative estimate of drug-likeness (QED) is 0.0199. The minimum atomic E-state index is -3.08. The lowest BCUT2D eigenvalue weighted by molar-refractivity contribution is -0.386. The zero-order valence-corrected chi connectivity index (χ0v) is 62.3. The number of nitrogens with one attached hydrogen (secondary N) is 2. The van der Waals surface area contributed by atoms with E-state index >= 15 is 0 Å². The minimum Gasteiger partial charge on any atom is -0.477 e. The summed E-state index contributed by atoms with van der Waals surface area (Å²) in [6.45, 7) is 2.16. The van der Waals surface area contributed by atoms with Gasteiger partial charge < -0.3 is 100 Å². The second-order valence-electron chi connectivity index (χ2n) is 28.9. The molecule has 0 saturated carbocycles. The molecule has 3 aliphatic heterocycles. The summed E-state index contributed by atoms with van der Waals surface area (Å²) >= 11 is 0. The molecule has 3 fully saturated rings. The second-order valence-corrected chi connectivity index (χ2v) is 28.9. The zero-order valence-electron chi connectivity index (χ0n) is 62.3. The number of carbonyl (C=O) groups excluding carboxylic acids is 2. The van der Waals surface area contributed by atoms with Gasteiger partial charge in [0.15, 0.2) is 12.6 Å². The number of carboxylic acids is 1. The summed E-state index contributed by atoms with van der Waals surface area (Å²) < 4.78 is 34.9. The highest BCUT2D eigenvalue weighted by Crippen LogP contribution is 2.39. The Kier molecular flexibility index (Phi) is 52.2. The van der Waals surface area contributed by atoms with Crippen LogP contribution in [0, 0.1) is 0 Å². The first-order chi connectivity index (χ1) is 48.9. The highest BCUT2D eigenvalue weighted by Gasteiger charge is 2.60. The van der Waals surface area contributed by atoms with Crippen molar-refractivity contribution in [3.8, 4) is 0 Å². The van der Waals surface area contributed by atoms with Gasteiger partial charge in [0, 0.05) is 19.8 Å². The maximum atomic E-state index is 13.5. The van der Waals surface area contributed by atoms with Crippen LogP contribution in [0.4, 0.5) is 0 Å². The summed E-state index contributed by atoms with van der Waals surface area (Å²) in [5.41, 5.74) is 0. The van der Waals surface area contributed by atoms with Gasteiger partial charge in [0.05, 0.1) is 50.7 Å². The maximum Gasteiger partial charge on any atom is 0.364 e. The van der Waals surface area contributed by atoms with E-state index in [4.69, 9.17) is 28.4 Å². The van der Waals surface area contributed by atoms with E-state index in [2.05, 4.69) is 48.8 Å². The average Bonchev–Trinajstić information content (AvgIpc) is 0.756. The van der Waals surface area contributed by atoms with Gasteiger partial charge in [-0.15, -0.1) is 0 Å². The van der Waals surface area contributed by atoms with Crippen LogP contribution >= 0.6 is 0 Å². The largest absolute Gasteiger partial charge is 0.477 e. The molecule has 23 nitrogen and oxygen atoms in total. The van der Waals surface area contributed by atoms with Crippen molar-refractivity contribution in [3.05, 3.63) is 36.5 Å². The van der Waals surface area contributed by atoms with Crippen molar-refractivity contribution in [3.63, 3.8) is 0 Å². The fraction of sp³-hybridized carbons (Fsp3) is 0.885. The number of ether oxygens (including phenoxy) is 6. The molecule has 101 heavy (non-hydrogen) atoms. The van der Waals surface area contributed by atoms with Crippen LogP contribution in [-0.4, -0.2) is 215 Å². The van der Waals surface area contributed by atoms with Crippen molar-refractivity contribution in [2.24, 2.45) is 0 Å². The van der Waals surface area contributed by atoms with Crippen molar-refractivity contribution >= 4 is 17.8 Å². The molecule has 0 spiro atoms. The summed E-state index contributed by atoms with van der Waals surface area (Å²) in [4.78, 5) is 38.7. The number of aliphatic carboxylic acids is 1. The maximum absolute atomic E-state index is 13.5. The number of amides is 2. The molecule has 0 aromatic rings. The number of hydrogen-bond donors (Lipinski definition) is 14. The first-order valence-corrected chi connectivity index (χ1v) is 39.9. The Morgan fingerprint density at radius 1 is 0.525 bits per heavy atom. The van der Waals surface area contributed by atoms with Gasteiger partial charge in [-0.3, -0.25) is 9.59 Å². The van der Waals surface area contributed by atoms with Crippen LogP contribution in [-0.2, 0) is 42.8 Å². The van der Waals surface area contributed by atoms with Crippen molar-refractivity contribution in [1.82, 2.24) is 10.6 Å². The Hall–Kier alpha value is -3.05. The van der Waals surface area contributed by atoms with E-state index in [1.165, 1.54) is 205 Å². The van der Waals surface area contributed by atoms with E-state index in [1.54, 1.807) is 6.08 Å². The molecule has 3 heterocycles. The van der Waals surface area contributed by atoms with Gasteiger partial charge in [-0.25, -0.2) is 4.79 Å². The molecule has 18 unspecified atom stereocenters. The van der Waals surface area contributed by atoms with Crippen molar-refractivity contribution in [2.45, 2.75) is 413 Å². The molecule has 3 saturated heterocycles. The fourth-order valence-electron chi connectivity index (χ4n) is 13.7. The zero-order chi connectivity index (χ0) is 73.9. The van der Waals surface area contributed by atoms with Crippen LogP contribution in [0.5, 0.6) is 0 Å². The predicted molar refractivity (Wildman–Crippen MR) is 389 cm³/mol. The van der Waals surface area contributed by atoms with Gasteiger partial charge in [0.1, 0.15) is 67.1 Å².